The van der Waals surface area contributed by atoms with E-state index < -0.39 is 10.0 Å². The van der Waals surface area contributed by atoms with Crippen LogP contribution in [0.5, 0.6) is 0 Å². The molecular weight excluding hydrogens is 452 g/mol. The van der Waals surface area contributed by atoms with Gasteiger partial charge < -0.3 is 14.8 Å². The molecule has 2 saturated heterocycles. The van der Waals surface area contributed by atoms with E-state index in [1.165, 1.54) is 16.6 Å². The molecule has 2 aromatic rings. The third-order valence-corrected chi connectivity index (χ3v) is 8.82. The number of hydrogen-bond donors (Lipinski definition) is 1. The first-order valence-electron chi connectivity index (χ1n) is 12.0. The Morgan fingerprint density at radius 1 is 0.971 bits per heavy atom. The van der Waals surface area contributed by atoms with E-state index in [1.807, 2.05) is 32.0 Å². The predicted molar refractivity (Wildman–Crippen MR) is 131 cm³/mol. The van der Waals surface area contributed by atoms with Gasteiger partial charge in [-0.25, -0.2) is 8.42 Å². The van der Waals surface area contributed by atoms with Crippen LogP contribution in [-0.4, -0.2) is 60.2 Å². The third kappa shape index (κ3) is 5.05. The monoisotopic (exact) mass is 486 g/mol. The molecule has 2 aliphatic heterocycles. The Labute approximate surface area is 202 Å². The molecular formula is C25H34N4O4S. The summed E-state index contributed by atoms with van der Waals surface area (Å²) < 4.78 is 29.6. The van der Waals surface area contributed by atoms with E-state index in [9.17, 15) is 18.0 Å². The Hall–Kier alpha value is -2.65. The van der Waals surface area contributed by atoms with E-state index >= 15 is 0 Å². The molecule has 0 bridgehead atoms. The molecule has 0 spiro atoms. The van der Waals surface area contributed by atoms with Crippen molar-refractivity contribution in [2.24, 2.45) is 13.0 Å². The minimum atomic E-state index is -3.74. The quantitative estimate of drug-likeness (QED) is 0.702. The number of aryl methyl sites for hydroxylation is 3. The molecule has 0 atom stereocenters. The van der Waals surface area contributed by atoms with Gasteiger partial charge in [-0.1, -0.05) is 12.1 Å². The fourth-order valence-electron chi connectivity index (χ4n) is 4.76. The molecule has 1 N–H and O–H groups in total. The molecule has 3 heterocycles. The average Bonchev–Trinajstić information content (AvgIpc) is 3.24. The summed E-state index contributed by atoms with van der Waals surface area (Å²) in [7, 11) is -2.03. The second kappa shape index (κ2) is 9.92. The summed E-state index contributed by atoms with van der Waals surface area (Å²) in [5.74, 6) is -0.427. The topological polar surface area (TPSA) is 91.7 Å². The number of hydrogen-bond acceptors (Lipinski definition) is 4. The van der Waals surface area contributed by atoms with E-state index in [1.54, 1.807) is 16.5 Å². The van der Waals surface area contributed by atoms with Crippen LogP contribution in [0.2, 0.25) is 0 Å². The summed E-state index contributed by atoms with van der Waals surface area (Å²) in [6.07, 6.45) is 5.52. The zero-order chi connectivity index (χ0) is 24.5. The van der Waals surface area contributed by atoms with Gasteiger partial charge in [0.05, 0.1) is 0 Å². The van der Waals surface area contributed by atoms with Gasteiger partial charge >= 0.3 is 0 Å². The van der Waals surface area contributed by atoms with Gasteiger partial charge in [0.2, 0.25) is 15.9 Å². The Kier molecular flexibility index (Phi) is 7.14. The van der Waals surface area contributed by atoms with Crippen LogP contribution in [0.3, 0.4) is 0 Å². The van der Waals surface area contributed by atoms with Gasteiger partial charge in [0.15, 0.2) is 0 Å². The Balaban J connectivity index is 1.40. The molecule has 4 rings (SSSR count). The minimum Gasteiger partial charge on any atom is -0.345 e. The molecule has 2 aliphatic rings. The lowest BCUT2D eigenvalue weighted by molar-refractivity contribution is -0.120. The molecule has 184 valence electrons. The summed E-state index contributed by atoms with van der Waals surface area (Å²) in [5, 5.41) is 3.01. The zero-order valence-electron chi connectivity index (χ0n) is 20.2. The fourth-order valence-corrected chi connectivity index (χ4v) is 6.30. The van der Waals surface area contributed by atoms with E-state index in [0.717, 1.165) is 36.1 Å². The van der Waals surface area contributed by atoms with Gasteiger partial charge in [-0.2, -0.15) is 4.31 Å². The first-order valence-corrected chi connectivity index (χ1v) is 13.4. The highest BCUT2D eigenvalue weighted by Gasteiger charge is 2.34. The second-order valence-electron chi connectivity index (χ2n) is 9.51. The molecule has 0 radical (unpaired) electrons. The summed E-state index contributed by atoms with van der Waals surface area (Å²) >= 11 is 0. The highest BCUT2D eigenvalue weighted by atomic mass is 32.2. The van der Waals surface area contributed by atoms with E-state index in [-0.39, 0.29) is 35.7 Å². The van der Waals surface area contributed by atoms with Gasteiger partial charge in [-0.05, 0) is 69.2 Å². The molecule has 2 amide bonds. The molecule has 2 fully saturated rings. The standard InChI is InChI=1S/C25H34N4O4S/c1-18-7-8-19(2)22(15-18)26-24(30)20-9-13-29(14-10-20)34(32,33)21-16-23(27(3)17-21)25(31)28-11-5-4-6-12-28/h7-8,15-17,20H,4-6,9-14H2,1-3H3,(H,26,30). The van der Waals surface area contributed by atoms with Crippen molar-refractivity contribution in [2.45, 2.75) is 50.8 Å². The summed E-state index contributed by atoms with van der Waals surface area (Å²) in [6.45, 7) is 5.91. The number of rotatable bonds is 5. The number of amides is 2. The Bertz CT molecular complexity index is 1170. The molecule has 9 heteroatoms. The van der Waals surface area contributed by atoms with Gasteiger partial charge in [0.1, 0.15) is 10.6 Å². The minimum absolute atomic E-state index is 0.0696. The van der Waals surface area contributed by atoms with Crippen molar-refractivity contribution in [3.63, 3.8) is 0 Å². The molecule has 0 unspecified atom stereocenters. The molecule has 8 nitrogen and oxygen atoms in total. The highest BCUT2D eigenvalue weighted by Crippen LogP contribution is 2.27. The van der Waals surface area contributed by atoms with Crippen LogP contribution >= 0.6 is 0 Å². The number of carbonyl (C=O) groups is 2. The number of sulfonamides is 1. The first kappa shape index (κ1) is 24.5. The molecule has 34 heavy (non-hydrogen) atoms. The van der Waals surface area contributed by atoms with E-state index in [0.29, 0.717) is 31.6 Å². The molecule has 0 aliphatic carbocycles. The third-order valence-electron chi connectivity index (χ3n) is 6.96. The Morgan fingerprint density at radius 3 is 2.32 bits per heavy atom. The lowest BCUT2D eigenvalue weighted by atomic mass is 9.97. The number of anilines is 1. The van der Waals surface area contributed by atoms with Gasteiger partial charge in [-0.3, -0.25) is 9.59 Å². The normalized spacial score (nSPS) is 18.1. The smallest absolute Gasteiger partial charge is 0.270 e. The molecule has 0 saturated carbocycles. The number of carbonyl (C=O) groups excluding carboxylic acids is 2. The van der Waals surface area contributed by atoms with Crippen LogP contribution in [0.4, 0.5) is 5.69 Å². The maximum absolute atomic E-state index is 13.3. The summed E-state index contributed by atoms with van der Waals surface area (Å²) in [4.78, 5) is 27.6. The van der Waals surface area contributed by atoms with Crippen molar-refractivity contribution >= 4 is 27.5 Å². The van der Waals surface area contributed by atoms with Crippen molar-refractivity contribution < 1.29 is 18.0 Å². The van der Waals surface area contributed by atoms with Gasteiger partial charge in [0, 0.05) is 51.0 Å². The number of nitrogens with one attached hydrogen (secondary N) is 1. The van der Waals surface area contributed by atoms with Crippen LogP contribution < -0.4 is 5.32 Å². The van der Waals surface area contributed by atoms with Gasteiger partial charge in [0.25, 0.3) is 5.91 Å². The highest BCUT2D eigenvalue weighted by molar-refractivity contribution is 7.89. The van der Waals surface area contributed by atoms with Crippen molar-refractivity contribution in [3.05, 3.63) is 47.3 Å². The van der Waals surface area contributed by atoms with Crippen molar-refractivity contribution in [1.29, 1.82) is 0 Å². The zero-order valence-corrected chi connectivity index (χ0v) is 21.0. The molecule has 1 aromatic heterocycles. The van der Waals surface area contributed by atoms with Gasteiger partial charge in [-0.15, -0.1) is 0 Å². The number of piperidine rings is 2. The first-order chi connectivity index (χ1) is 16.2. The van der Waals surface area contributed by atoms with Crippen LogP contribution in [-0.2, 0) is 21.9 Å². The maximum atomic E-state index is 13.3. The lowest BCUT2D eigenvalue weighted by Gasteiger charge is -2.30. The van der Waals surface area contributed by atoms with Crippen LogP contribution in [0.15, 0.2) is 35.4 Å². The van der Waals surface area contributed by atoms with Crippen molar-refractivity contribution in [1.82, 2.24) is 13.8 Å². The molecule has 1 aromatic carbocycles. The van der Waals surface area contributed by atoms with Crippen molar-refractivity contribution in [2.75, 3.05) is 31.5 Å². The summed E-state index contributed by atoms with van der Waals surface area (Å²) in [5.41, 5.74) is 3.26. The largest absolute Gasteiger partial charge is 0.345 e. The average molecular weight is 487 g/mol. The maximum Gasteiger partial charge on any atom is 0.270 e. The summed E-state index contributed by atoms with van der Waals surface area (Å²) in [6, 6.07) is 7.42. The van der Waals surface area contributed by atoms with Crippen LogP contribution in [0.25, 0.3) is 0 Å². The number of benzene rings is 1. The lowest BCUT2D eigenvalue weighted by Crippen LogP contribution is -2.41. The predicted octanol–water partition coefficient (Wildman–Crippen LogP) is 3.31. The van der Waals surface area contributed by atoms with E-state index in [4.69, 9.17) is 0 Å². The Morgan fingerprint density at radius 2 is 1.65 bits per heavy atom. The number of nitrogens with zero attached hydrogens (tertiary/aromatic N) is 3. The van der Waals surface area contributed by atoms with Crippen molar-refractivity contribution in [3.8, 4) is 0 Å². The number of aromatic nitrogens is 1. The fraction of sp³-hybridized carbons (Fsp3) is 0.520. The second-order valence-corrected chi connectivity index (χ2v) is 11.4. The van der Waals surface area contributed by atoms with Crippen LogP contribution in [0, 0.1) is 19.8 Å². The van der Waals surface area contributed by atoms with E-state index in [2.05, 4.69) is 5.32 Å². The number of likely N-dealkylation sites (tertiary alicyclic amines) is 1. The van der Waals surface area contributed by atoms with Crippen LogP contribution in [0.1, 0.15) is 53.7 Å². The SMILES string of the molecule is Cc1ccc(C)c(NC(=O)C2CCN(S(=O)(=O)c3cc(C(=O)N4CCCCC4)n(C)c3)CC2)c1.